The van der Waals surface area contributed by atoms with Gasteiger partial charge in [-0.05, 0) is 13.8 Å². The summed E-state index contributed by atoms with van der Waals surface area (Å²) >= 11 is 0. The summed E-state index contributed by atoms with van der Waals surface area (Å²) in [4.78, 5) is 0. The van der Waals surface area contributed by atoms with Gasteiger partial charge in [-0.3, -0.25) is 9.36 Å². The summed E-state index contributed by atoms with van der Waals surface area (Å²) in [5, 5.41) is 20.7. The second-order valence-electron chi connectivity index (χ2n) is 3.73. The van der Waals surface area contributed by atoms with Crippen LogP contribution in [0.25, 0.3) is 0 Å². The van der Waals surface area contributed by atoms with Gasteiger partial charge in [0.05, 0.1) is 5.69 Å². The van der Waals surface area contributed by atoms with E-state index in [1.165, 1.54) is 0 Å². The Morgan fingerprint density at radius 1 is 1.47 bits per heavy atom. The first-order valence-electron chi connectivity index (χ1n) is 5.40. The predicted molar refractivity (Wildman–Crippen MR) is 63.8 cm³/mol. The third-order valence-corrected chi connectivity index (χ3v) is 2.55. The molecular weight excluding hydrogens is 216 g/mol. The summed E-state index contributed by atoms with van der Waals surface area (Å²) in [5.41, 5.74) is 1.27. The molecule has 0 aliphatic carbocycles. The van der Waals surface area contributed by atoms with Crippen molar-refractivity contribution in [2.45, 2.75) is 20.4 Å². The topological polar surface area (TPSA) is 71.5 Å². The lowest BCUT2D eigenvalue weighted by atomic mass is 10.2. The highest BCUT2D eigenvalue weighted by Crippen LogP contribution is 2.21. The molecule has 88 valence electrons. The predicted octanol–water partition coefficient (Wildman–Crippen LogP) is 1.56. The molecule has 0 aromatic carbocycles. The van der Waals surface area contributed by atoms with Gasteiger partial charge in [-0.25, -0.2) is 0 Å². The van der Waals surface area contributed by atoms with Crippen molar-refractivity contribution in [3.63, 3.8) is 0 Å². The number of rotatable bonds is 3. The van der Waals surface area contributed by atoms with Gasteiger partial charge in [0.15, 0.2) is 5.82 Å². The number of aromatic nitrogens is 4. The standard InChI is InChI=1S/C11H14N6/c1-4-17-6-5-10(15-17)13-11-9(7-12)8(2)14-16(11)3/h5-6H,4H2,1-3H3,(H,13,15). The quantitative estimate of drug-likeness (QED) is 0.868. The highest BCUT2D eigenvalue weighted by molar-refractivity contribution is 5.61. The number of anilines is 2. The molecule has 0 radical (unpaired) electrons. The summed E-state index contributed by atoms with van der Waals surface area (Å²) in [6.45, 7) is 4.65. The SMILES string of the molecule is CCn1ccc(Nc2c(C#N)c(C)nn2C)n1. The molecule has 2 rings (SSSR count). The van der Waals surface area contributed by atoms with Crippen molar-refractivity contribution in [3.05, 3.63) is 23.5 Å². The van der Waals surface area contributed by atoms with Crippen molar-refractivity contribution < 1.29 is 0 Å². The van der Waals surface area contributed by atoms with Gasteiger partial charge in [0.1, 0.15) is 17.5 Å². The normalized spacial score (nSPS) is 10.2. The third-order valence-electron chi connectivity index (χ3n) is 2.55. The Morgan fingerprint density at radius 3 is 2.82 bits per heavy atom. The van der Waals surface area contributed by atoms with Crippen LogP contribution in [-0.4, -0.2) is 19.6 Å². The van der Waals surface area contributed by atoms with Crippen molar-refractivity contribution in [2.24, 2.45) is 7.05 Å². The van der Waals surface area contributed by atoms with Gasteiger partial charge in [0, 0.05) is 25.9 Å². The van der Waals surface area contributed by atoms with Crippen molar-refractivity contribution in [1.82, 2.24) is 19.6 Å². The maximum Gasteiger partial charge on any atom is 0.153 e. The minimum absolute atomic E-state index is 0.554. The van der Waals surface area contributed by atoms with E-state index in [4.69, 9.17) is 5.26 Å². The van der Waals surface area contributed by atoms with Gasteiger partial charge >= 0.3 is 0 Å². The van der Waals surface area contributed by atoms with Gasteiger partial charge in [-0.1, -0.05) is 0 Å². The van der Waals surface area contributed by atoms with E-state index < -0.39 is 0 Å². The second kappa shape index (κ2) is 4.29. The molecule has 0 bridgehead atoms. The molecule has 0 fully saturated rings. The molecule has 0 saturated heterocycles. The lowest BCUT2D eigenvalue weighted by Gasteiger charge is -2.03. The van der Waals surface area contributed by atoms with Crippen LogP contribution in [0.5, 0.6) is 0 Å². The molecule has 2 heterocycles. The van der Waals surface area contributed by atoms with Crippen LogP contribution in [0.2, 0.25) is 0 Å². The first-order chi connectivity index (χ1) is 8.15. The van der Waals surface area contributed by atoms with Gasteiger partial charge < -0.3 is 5.32 Å². The summed E-state index contributed by atoms with van der Waals surface area (Å²) < 4.78 is 3.47. The zero-order valence-corrected chi connectivity index (χ0v) is 10.1. The van der Waals surface area contributed by atoms with Crippen LogP contribution in [0, 0.1) is 18.3 Å². The minimum atomic E-state index is 0.554. The number of aryl methyl sites for hydroxylation is 3. The number of nitriles is 1. The smallest absolute Gasteiger partial charge is 0.153 e. The van der Waals surface area contributed by atoms with Crippen molar-refractivity contribution >= 4 is 11.6 Å². The largest absolute Gasteiger partial charge is 0.323 e. The van der Waals surface area contributed by atoms with Gasteiger partial charge in [0.2, 0.25) is 0 Å². The molecule has 0 saturated carbocycles. The van der Waals surface area contributed by atoms with Crippen molar-refractivity contribution in [1.29, 1.82) is 5.26 Å². The molecule has 0 aliphatic rings. The molecular formula is C11H14N6. The average molecular weight is 230 g/mol. The molecule has 17 heavy (non-hydrogen) atoms. The van der Waals surface area contributed by atoms with Gasteiger partial charge in [-0.2, -0.15) is 15.5 Å². The van der Waals surface area contributed by atoms with E-state index in [0.717, 1.165) is 6.54 Å². The molecule has 0 amide bonds. The fraction of sp³-hybridized carbons (Fsp3) is 0.364. The number of hydrogen-bond donors (Lipinski definition) is 1. The van der Waals surface area contributed by atoms with Crippen LogP contribution in [0.1, 0.15) is 18.2 Å². The molecule has 6 nitrogen and oxygen atoms in total. The number of nitrogens with one attached hydrogen (secondary N) is 1. The Morgan fingerprint density at radius 2 is 2.24 bits per heavy atom. The maximum atomic E-state index is 9.07. The summed E-state index contributed by atoms with van der Waals surface area (Å²) in [5.74, 6) is 1.39. The van der Waals surface area contributed by atoms with Crippen LogP contribution in [0.15, 0.2) is 12.3 Å². The second-order valence-corrected chi connectivity index (χ2v) is 3.73. The Hall–Kier alpha value is -2.29. The molecule has 0 atom stereocenters. The molecule has 6 heteroatoms. The van der Waals surface area contributed by atoms with E-state index in [1.54, 1.807) is 11.7 Å². The fourth-order valence-electron chi connectivity index (χ4n) is 1.66. The third kappa shape index (κ3) is 1.99. The Kier molecular flexibility index (Phi) is 2.83. The molecule has 2 aromatic heterocycles. The zero-order valence-electron chi connectivity index (χ0n) is 10.1. The first-order valence-corrected chi connectivity index (χ1v) is 5.40. The Bertz CT molecular complexity index is 571. The van der Waals surface area contributed by atoms with E-state index in [-0.39, 0.29) is 0 Å². The van der Waals surface area contributed by atoms with Crippen LogP contribution >= 0.6 is 0 Å². The zero-order chi connectivity index (χ0) is 12.4. The molecule has 0 aliphatic heterocycles. The maximum absolute atomic E-state index is 9.07. The minimum Gasteiger partial charge on any atom is -0.323 e. The van der Waals surface area contributed by atoms with Crippen LogP contribution in [0.4, 0.5) is 11.6 Å². The Labute approximate surface area is 99.5 Å². The van der Waals surface area contributed by atoms with E-state index in [2.05, 4.69) is 21.6 Å². The van der Waals surface area contributed by atoms with Crippen LogP contribution in [-0.2, 0) is 13.6 Å². The molecule has 2 aromatic rings. The molecule has 0 unspecified atom stereocenters. The fourth-order valence-corrected chi connectivity index (χ4v) is 1.66. The van der Waals surface area contributed by atoms with E-state index in [1.807, 2.05) is 30.8 Å². The highest BCUT2D eigenvalue weighted by Gasteiger charge is 2.13. The average Bonchev–Trinajstić information content (AvgIpc) is 2.85. The lowest BCUT2D eigenvalue weighted by molar-refractivity contribution is 0.662. The summed E-state index contributed by atoms with van der Waals surface area (Å²) in [6, 6.07) is 4.01. The van der Waals surface area contributed by atoms with Crippen LogP contribution in [0.3, 0.4) is 0 Å². The first kappa shape index (κ1) is 11.2. The Balaban J connectivity index is 2.33. The van der Waals surface area contributed by atoms with E-state index in [9.17, 15) is 0 Å². The molecule has 1 N–H and O–H groups in total. The number of hydrogen-bond acceptors (Lipinski definition) is 4. The lowest BCUT2D eigenvalue weighted by Crippen LogP contribution is -2.02. The van der Waals surface area contributed by atoms with E-state index in [0.29, 0.717) is 22.9 Å². The monoisotopic (exact) mass is 230 g/mol. The van der Waals surface area contributed by atoms with Gasteiger partial charge in [0.25, 0.3) is 0 Å². The summed E-state index contributed by atoms with van der Waals surface area (Å²) in [7, 11) is 1.80. The van der Waals surface area contributed by atoms with Gasteiger partial charge in [-0.15, -0.1) is 0 Å². The summed E-state index contributed by atoms with van der Waals surface area (Å²) in [6.07, 6.45) is 1.89. The van der Waals surface area contributed by atoms with Crippen molar-refractivity contribution in [3.8, 4) is 6.07 Å². The van der Waals surface area contributed by atoms with E-state index >= 15 is 0 Å². The number of nitrogens with zero attached hydrogens (tertiary/aromatic N) is 5. The molecule has 0 spiro atoms. The van der Waals surface area contributed by atoms with Crippen LogP contribution < -0.4 is 5.32 Å². The highest BCUT2D eigenvalue weighted by atomic mass is 15.4. The van der Waals surface area contributed by atoms with Crippen molar-refractivity contribution in [2.75, 3.05) is 5.32 Å².